The van der Waals surface area contributed by atoms with Gasteiger partial charge in [-0.2, -0.15) is 0 Å². The van der Waals surface area contributed by atoms with Crippen LogP contribution in [0.2, 0.25) is 0 Å². The molecule has 1 aromatic rings. The van der Waals surface area contributed by atoms with Crippen molar-refractivity contribution in [1.82, 2.24) is 4.90 Å². The Balaban J connectivity index is 2.13. The fourth-order valence-electron chi connectivity index (χ4n) is 2.61. The molecule has 0 radical (unpaired) electrons. The molecule has 2 rings (SSSR count). The molecule has 1 fully saturated rings. The molecule has 100 valence electrons. The van der Waals surface area contributed by atoms with E-state index in [4.69, 9.17) is 5.73 Å². The Morgan fingerprint density at radius 1 is 1.11 bits per heavy atom. The van der Waals surface area contributed by atoms with Crippen molar-refractivity contribution < 1.29 is 0 Å². The molecule has 1 aromatic carbocycles. The van der Waals surface area contributed by atoms with Crippen molar-refractivity contribution in [3.8, 4) is 0 Å². The Hall–Kier alpha value is -1.06. The van der Waals surface area contributed by atoms with Crippen LogP contribution in [0.1, 0.15) is 31.9 Å². The molecule has 0 saturated carbocycles. The van der Waals surface area contributed by atoms with E-state index < -0.39 is 0 Å². The van der Waals surface area contributed by atoms with Crippen molar-refractivity contribution in [3.05, 3.63) is 29.8 Å². The maximum Gasteiger partial charge on any atom is 0.0415 e. The van der Waals surface area contributed by atoms with E-state index in [2.05, 4.69) is 47.9 Å². The zero-order chi connectivity index (χ0) is 13.0. The Bertz CT molecular complexity index is 370. The average Bonchev–Trinajstić information content (AvgIpc) is 2.46. The predicted molar refractivity (Wildman–Crippen MR) is 78.0 cm³/mol. The highest BCUT2D eigenvalue weighted by molar-refractivity contribution is 5.55. The van der Waals surface area contributed by atoms with Crippen LogP contribution < -0.4 is 10.6 Å². The second kappa shape index (κ2) is 6.21. The van der Waals surface area contributed by atoms with Gasteiger partial charge in [-0.05, 0) is 24.6 Å². The van der Waals surface area contributed by atoms with E-state index in [-0.39, 0.29) is 6.04 Å². The first kappa shape index (κ1) is 13.4. The van der Waals surface area contributed by atoms with Crippen LogP contribution in [-0.2, 0) is 0 Å². The molecule has 1 heterocycles. The zero-order valence-corrected chi connectivity index (χ0v) is 11.6. The molecule has 1 aliphatic rings. The lowest BCUT2D eigenvalue weighted by Crippen LogP contribution is -2.46. The molecule has 18 heavy (non-hydrogen) atoms. The molecular formula is C15H25N3. The smallest absolute Gasteiger partial charge is 0.0415 e. The fraction of sp³-hybridized carbons (Fsp3) is 0.600. The van der Waals surface area contributed by atoms with Crippen LogP contribution in [0.4, 0.5) is 5.69 Å². The number of hydrogen-bond donors (Lipinski definition) is 1. The molecule has 0 bridgehead atoms. The number of nitrogens with two attached hydrogens (primary N) is 1. The number of hydrogen-bond acceptors (Lipinski definition) is 3. The van der Waals surface area contributed by atoms with Crippen molar-refractivity contribution in [2.24, 2.45) is 5.73 Å². The van der Waals surface area contributed by atoms with Crippen LogP contribution in [-0.4, -0.2) is 37.6 Å². The summed E-state index contributed by atoms with van der Waals surface area (Å²) in [5.41, 5.74) is 8.85. The van der Waals surface area contributed by atoms with Gasteiger partial charge in [-0.3, -0.25) is 0 Å². The van der Waals surface area contributed by atoms with Crippen LogP contribution >= 0.6 is 0 Å². The summed E-state index contributed by atoms with van der Waals surface area (Å²) >= 11 is 0. The van der Waals surface area contributed by atoms with Gasteiger partial charge in [-0.15, -0.1) is 0 Å². The lowest BCUT2D eigenvalue weighted by Gasteiger charge is -2.37. The lowest BCUT2D eigenvalue weighted by molar-refractivity contribution is 0.271. The summed E-state index contributed by atoms with van der Waals surface area (Å²) in [6.45, 7) is 10.1. The highest BCUT2D eigenvalue weighted by Crippen LogP contribution is 2.27. The summed E-state index contributed by atoms with van der Waals surface area (Å²) in [4.78, 5) is 4.98. The summed E-state index contributed by atoms with van der Waals surface area (Å²) in [6, 6.07) is 8.76. The normalized spacial score (nSPS) is 18.9. The van der Waals surface area contributed by atoms with Crippen molar-refractivity contribution in [2.75, 3.05) is 37.6 Å². The van der Waals surface area contributed by atoms with Gasteiger partial charge < -0.3 is 15.5 Å². The first-order valence-electron chi connectivity index (χ1n) is 7.08. The number of nitrogens with zero attached hydrogens (tertiary/aromatic N) is 2. The van der Waals surface area contributed by atoms with Gasteiger partial charge >= 0.3 is 0 Å². The number of para-hydroxylation sites is 1. The van der Waals surface area contributed by atoms with Gasteiger partial charge in [0.2, 0.25) is 0 Å². The molecule has 0 amide bonds. The number of likely N-dealkylation sites (N-methyl/N-ethyl adjacent to an activating group) is 1. The molecule has 1 aliphatic heterocycles. The molecule has 1 unspecified atom stereocenters. The Kier molecular flexibility index (Phi) is 4.61. The molecule has 1 atom stereocenters. The second-order valence-corrected chi connectivity index (χ2v) is 4.99. The predicted octanol–water partition coefficient (Wildman–Crippen LogP) is 2.24. The number of benzene rings is 1. The Labute approximate surface area is 111 Å². The lowest BCUT2D eigenvalue weighted by atomic mass is 10.0. The third-order valence-electron chi connectivity index (χ3n) is 3.94. The Morgan fingerprint density at radius 3 is 2.39 bits per heavy atom. The number of piperazine rings is 1. The summed E-state index contributed by atoms with van der Waals surface area (Å²) in [6.07, 6.45) is 0.992. The third kappa shape index (κ3) is 2.85. The Morgan fingerprint density at radius 2 is 1.78 bits per heavy atom. The minimum Gasteiger partial charge on any atom is -0.369 e. The van der Waals surface area contributed by atoms with Gasteiger partial charge in [-0.25, -0.2) is 0 Å². The molecular weight excluding hydrogens is 222 g/mol. The fourth-order valence-corrected chi connectivity index (χ4v) is 2.61. The van der Waals surface area contributed by atoms with Crippen molar-refractivity contribution in [1.29, 1.82) is 0 Å². The van der Waals surface area contributed by atoms with Gasteiger partial charge in [0.25, 0.3) is 0 Å². The van der Waals surface area contributed by atoms with Crippen LogP contribution in [0.15, 0.2) is 24.3 Å². The maximum absolute atomic E-state index is 6.22. The maximum atomic E-state index is 6.22. The van der Waals surface area contributed by atoms with E-state index in [1.54, 1.807) is 0 Å². The first-order chi connectivity index (χ1) is 8.76. The first-order valence-corrected chi connectivity index (χ1v) is 7.08. The second-order valence-electron chi connectivity index (χ2n) is 4.99. The SMILES string of the molecule is CCC(N)c1ccccc1N1CCN(CC)CC1. The summed E-state index contributed by atoms with van der Waals surface area (Å²) in [5.74, 6) is 0. The largest absolute Gasteiger partial charge is 0.369 e. The highest BCUT2D eigenvalue weighted by Gasteiger charge is 2.19. The molecule has 3 nitrogen and oxygen atoms in total. The van der Waals surface area contributed by atoms with Crippen LogP contribution in [0.5, 0.6) is 0 Å². The van der Waals surface area contributed by atoms with E-state index in [0.717, 1.165) is 39.1 Å². The van der Waals surface area contributed by atoms with E-state index in [1.807, 2.05) is 0 Å². The quantitative estimate of drug-likeness (QED) is 0.885. The minimum absolute atomic E-state index is 0.158. The van der Waals surface area contributed by atoms with E-state index in [1.165, 1.54) is 11.3 Å². The van der Waals surface area contributed by atoms with Gasteiger partial charge in [0.05, 0.1) is 0 Å². The summed E-state index contributed by atoms with van der Waals surface area (Å²) < 4.78 is 0. The molecule has 3 heteroatoms. The van der Waals surface area contributed by atoms with Crippen LogP contribution in [0.25, 0.3) is 0 Å². The molecule has 2 N–H and O–H groups in total. The molecule has 0 spiro atoms. The topological polar surface area (TPSA) is 32.5 Å². The molecule has 0 aromatic heterocycles. The van der Waals surface area contributed by atoms with Gasteiger partial charge in [0, 0.05) is 37.9 Å². The van der Waals surface area contributed by atoms with Gasteiger partial charge in [0.15, 0.2) is 0 Å². The van der Waals surface area contributed by atoms with Crippen molar-refractivity contribution in [2.45, 2.75) is 26.3 Å². The molecule has 1 saturated heterocycles. The van der Waals surface area contributed by atoms with E-state index in [9.17, 15) is 0 Å². The third-order valence-corrected chi connectivity index (χ3v) is 3.94. The van der Waals surface area contributed by atoms with Crippen molar-refractivity contribution in [3.63, 3.8) is 0 Å². The van der Waals surface area contributed by atoms with Crippen LogP contribution in [0.3, 0.4) is 0 Å². The van der Waals surface area contributed by atoms with Gasteiger partial charge in [0.1, 0.15) is 0 Å². The van der Waals surface area contributed by atoms with E-state index >= 15 is 0 Å². The average molecular weight is 247 g/mol. The van der Waals surface area contributed by atoms with Gasteiger partial charge in [-0.1, -0.05) is 32.0 Å². The zero-order valence-electron chi connectivity index (χ0n) is 11.6. The van der Waals surface area contributed by atoms with Crippen molar-refractivity contribution >= 4 is 5.69 Å². The summed E-state index contributed by atoms with van der Waals surface area (Å²) in [5, 5.41) is 0. The monoisotopic (exact) mass is 247 g/mol. The number of anilines is 1. The summed E-state index contributed by atoms with van der Waals surface area (Å²) in [7, 11) is 0. The number of rotatable bonds is 4. The van der Waals surface area contributed by atoms with E-state index in [0.29, 0.717) is 0 Å². The molecule has 0 aliphatic carbocycles. The highest BCUT2D eigenvalue weighted by atomic mass is 15.3. The minimum atomic E-state index is 0.158. The van der Waals surface area contributed by atoms with Crippen LogP contribution in [0, 0.1) is 0 Å². The standard InChI is InChI=1S/C15H25N3/c1-3-14(16)13-7-5-6-8-15(13)18-11-9-17(4-2)10-12-18/h5-8,14H,3-4,9-12,16H2,1-2H3.